The Morgan fingerprint density at radius 2 is 1.95 bits per heavy atom. The second kappa shape index (κ2) is 7.70. The molecule has 0 atom stereocenters. The lowest BCUT2D eigenvalue weighted by Gasteiger charge is -2.08. The molecule has 110 valence electrons. The second-order valence-corrected chi connectivity index (χ2v) is 5.14. The Morgan fingerprint density at radius 3 is 2.62 bits per heavy atom. The van der Waals surface area contributed by atoms with E-state index in [9.17, 15) is 4.79 Å². The third-order valence-electron chi connectivity index (χ3n) is 3.15. The topological polar surface area (TPSA) is 38.3 Å². The summed E-state index contributed by atoms with van der Waals surface area (Å²) >= 11 is 6.02. The molecule has 2 rings (SSSR count). The number of aryl methyl sites for hydroxylation is 1. The van der Waals surface area contributed by atoms with Crippen molar-refractivity contribution >= 4 is 23.2 Å². The fourth-order valence-electron chi connectivity index (χ4n) is 2.07. The van der Waals surface area contributed by atoms with Crippen LogP contribution in [0.3, 0.4) is 0 Å². The molecule has 0 saturated heterocycles. The van der Waals surface area contributed by atoms with Gasteiger partial charge in [-0.3, -0.25) is 4.79 Å². The zero-order valence-electron chi connectivity index (χ0n) is 11.9. The molecule has 0 aliphatic rings. The minimum Gasteiger partial charge on any atom is -0.495 e. The third kappa shape index (κ3) is 4.80. The highest BCUT2D eigenvalue weighted by molar-refractivity contribution is 6.32. The molecule has 0 unspecified atom stereocenters. The SMILES string of the molecule is COc1ccc(NC(=O)CCCc2ccccc2)cc1Cl. The molecule has 0 bridgehead atoms. The molecule has 3 nitrogen and oxygen atoms in total. The summed E-state index contributed by atoms with van der Waals surface area (Å²) in [4.78, 5) is 11.9. The summed E-state index contributed by atoms with van der Waals surface area (Å²) in [5.74, 6) is 0.589. The van der Waals surface area contributed by atoms with Crippen molar-refractivity contribution in [1.82, 2.24) is 0 Å². The van der Waals surface area contributed by atoms with Gasteiger partial charge in [0, 0.05) is 12.1 Å². The third-order valence-corrected chi connectivity index (χ3v) is 3.44. The molecule has 2 aromatic carbocycles. The van der Waals surface area contributed by atoms with Crippen LogP contribution in [0.1, 0.15) is 18.4 Å². The predicted octanol–water partition coefficient (Wildman–Crippen LogP) is 4.31. The van der Waals surface area contributed by atoms with Crippen LogP contribution >= 0.6 is 11.6 Å². The highest BCUT2D eigenvalue weighted by atomic mass is 35.5. The quantitative estimate of drug-likeness (QED) is 0.863. The van der Waals surface area contributed by atoms with Crippen molar-refractivity contribution < 1.29 is 9.53 Å². The highest BCUT2D eigenvalue weighted by Gasteiger charge is 2.05. The van der Waals surface area contributed by atoms with Crippen LogP contribution in [0.2, 0.25) is 5.02 Å². The number of halogens is 1. The van der Waals surface area contributed by atoms with Crippen LogP contribution in [0.4, 0.5) is 5.69 Å². The van der Waals surface area contributed by atoms with Crippen LogP contribution in [-0.2, 0) is 11.2 Å². The van der Waals surface area contributed by atoms with E-state index in [4.69, 9.17) is 16.3 Å². The van der Waals surface area contributed by atoms with Gasteiger partial charge in [0.1, 0.15) is 5.75 Å². The molecule has 0 radical (unpaired) electrons. The van der Waals surface area contributed by atoms with E-state index in [0.29, 0.717) is 22.9 Å². The van der Waals surface area contributed by atoms with E-state index in [1.165, 1.54) is 5.56 Å². The van der Waals surface area contributed by atoms with Gasteiger partial charge >= 0.3 is 0 Å². The largest absolute Gasteiger partial charge is 0.495 e. The number of anilines is 1. The number of carbonyl (C=O) groups excluding carboxylic acids is 1. The maximum atomic E-state index is 11.9. The molecule has 0 fully saturated rings. The standard InChI is InChI=1S/C17H18ClNO2/c1-21-16-11-10-14(12-15(16)18)19-17(20)9-5-8-13-6-3-2-4-7-13/h2-4,6-7,10-12H,5,8-9H2,1H3,(H,19,20). The fourth-order valence-corrected chi connectivity index (χ4v) is 2.32. The van der Waals surface area contributed by atoms with E-state index in [1.54, 1.807) is 25.3 Å². The molecule has 1 N–H and O–H groups in total. The Morgan fingerprint density at radius 1 is 1.19 bits per heavy atom. The van der Waals surface area contributed by atoms with Gasteiger partial charge in [0.15, 0.2) is 0 Å². The summed E-state index contributed by atoms with van der Waals surface area (Å²) in [5, 5.41) is 3.33. The number of carbonyl (C=O) groups is 1. The summed E-state index contributed by atoms with van der Waals surface area (Å²) in [6.45, 7) is 0. The summed E-state index contributed by atoms with van der Waals surface area (Å²) in [5.41, 5.74) is 1.93. The summed E-state index contributed by atoms with van der Waals surface area (Å²) in [6.07, 6.45) is 2.20. The number of amides is 1. The lowest BCUT2D eigenvalue weighted by molar-refractivity contribution is -0.116. The van der Waals surface area contributed by atoms with E-state index < -0.39 is 0 Å². The number of hydrogen-bond donors (Lipinski definition) is 1. The van der Waals surface area contributed by atoms with E-state index >= 15 is 0 Å². The van der Waals surface area contributed by atoms with E-state index in [-0.39, 0.29) is 5.91 Å². The Hall–Kier alpha value is -2.00. The van der Waals surface area contributed by atoms with E-state index in [0.717, 1.165) is 12.8 Å². The van der Waals surface area contributed by atoms with Crippen molar-refractivity contribution in [2.24, 2.45) is 0 Å². The molecule has 0 spiro atoms. The average molecular weight is 304 g/mol. The number of rotatable bonds is 6. The molecule has 2 aromatic rings. The van der Waals surface area contributed by atoms with Crippen molar-refractivity contribution in [3.05, 3.63) is 59.1 Å². The fraction of sp³-hybridized carbons (Fsp3) is 0.235. The smallest absolute Gasteiger partial charge is 0.224 e. The first-order valence-corrected chi connectivity index (χ1v) is 7.24. The van der Waals surface area contributed by atoms with E-state index in [1.807, 2.05) is 18.2 Å². The highest BCUT2D eigenvalue weighted by Crippen LogP contribution is 2.27. The number of hydrogen-bond acceptors (Lipinski definition) is 2. The van der Waals surface area contributed by atoms with Gasteiger partial charge in [0.05, 0.1) is 12.1 Å². The lowest BCUT2D eigenvalue weighted by atomic mass is 10.1. The maximum Gasteiger partial charge on any atom is 0.224 e. The van der Waals surface area contributed by atoms with Gasteiger partial charge < -0.3 is 10.1 Å². The van der Waals surface area contributed by atoms with Gasteiger partial charge in [0.2, 0.25) is 5.91 Å². The lowest BCUT2D eigenvalue weighted by Crippen LogP contribution is -2.11. The van der Waals surface area contributed by atoms with Gasteiger partial charge in [-0.2, -0.15) is 0 Å². The van der Waals surface area contributed by atoms with Crippen LogP contribution in [0.25, 0.3) is 0 Å². The van der Waals surface area contributed by atoms with Crippen molar-refractivity contribution in [1.29, 1.82) is 0 Å². The first kappa shape index (κ1) is 15.4. The van der Waals surface area contributed by atoms with Crippen molar-refractivity contribution in [3.8, 4) is 5.75 Å². The van der Waals surface area contributed by atoms with Crippen molar-refractivity contribution in [2.75, 3.05) is 12.4 Å². The molecule has 0 heterocycles. The molecule has 21 heavy (non-hydrogen) atoms. The van der Waals surface area contributed by atoms with Gasteiger partial charge in [0.25, 0.3) is 0 Å². The Bertz CT molecular complexity index is 599. The molecule has 4 heteroatoms. The van der Waals surface area contributed by atoms with Crippen molar-refractivity contribution in [2.45, 2.75) is 19.3 Å². The maximum absolute atomic E-state index is 11.9. The van der Waals surface area contributed by atoms with Gasteiger partial charge in [-0.05, 0) is 36.6 Å². The molecule has 0 saturated carbocycles. The van der Waals surface area contributed by atoms with Crippen LogP contribution < -0.4 is 10.1 Å². The predicted molar refractivity (Wildman–Crippen MR) is 86.0 cm³/mol. The Balaban J connectivity index is 1.80. The normalized spacial score (nSPS) is 10.2. The zero-order valence-corrected chi connectivity index (χ0v) is 12.7. The Kier molecular flexibility index (Phi) is 5.64. The Labute approximate surface area is 129 Å². The molecular formula is C17H18ClNO2. The molecule has 0 aliphatic carbocycles. The number of nitrogens with one attached hydrogen (secondary N) is 1. The summed E-state index contributed by atoms with van der Waals surface area (Å²) < 4.78 is 5.07. The van der Waals surface area contributed by atoms with Crippen LogP contribution in [0, 0.1) is 0 Å². The van der Waals surface area contributed by atoms with Crippen LogP contribution in [-0.4, -0.2) is 13.0 Å². The second-order valence-electron chi connectivity index (χ2n) is 4.74. The first-order valence-electron chi connectivity index (χ1n) is 6.86. The average Bonchev–Trinajstić information content (AvgIpc) is 2.48. The number of methoxy groups -OCH3 is 1. The monoisotopic (exact) mass is 303 g/mol. The number of benzene rings is 2. The molecule has 1 amide bonds. The molecule has 0 aliphatic heterocycles. The van der Waals surface area contributed by atoms with Gasteiger partial charge in [-0.15, -0.1) is 0 Å². The molecule has 0 aromatic heterocycles. The van der Waals surface area contributed by atoms with Crippen molar-refractivity contribution in [3.63, 3.8) is 0 Å². The zero-order chi connectivity index (χ0) is 15.1. The summed E-state index contributed by atoms with van der Waals surface area (Å²) in [7, 11) is 1.56. The van der Waals surface area contributed by atoms with Crippen LogP contribution in [0.5, 0.6) is 5.75 Å². The van der Waals surface area contributed by atoms with E-state index in [2.05, 4.69) is 17.4 Å². The minimum absolute atomic E-state index is 0.00725. The number of ether oxygens (including phenoxy) is 1. The van der Waals surface area contributed by atoms with Gasteiger partial charge in [-0.25, -0.2) is 0 Å². The van der Waals surface area contributed by atoms with Gasteiger partial charge in [-0.1, -0.05) is 41.9 Å². The molecular weight excluding hydrogens is 286 g/mol. The van der Waals surface area contributed by atoms with Crippen LogP contribution in [0.15, 0.2) is 48.5 Å². The first-order chi connectivity index (χ1) is 10.2. The summed E-state index contributed by atoms with van der Waals surface area (Å²) in [6, 6.07) is 15.4. The minimum atomic E-state index is -0.00725.